The summed E-state index contributed by atoms with van der Waals surface area (Å²) in [6.07, 6.45) is 1.51. The largest absolute Gasteiger partial charge is 0.459 e. The van der Waals surface area contributed by atoms with Crippen LogP contribution in [-0.4, -0.2) is 21.4 Å². The van der Waals surface area contributed by atoms with E-state index in [1.807, 2.05) is 0 Å². The number of carbonyl (C=O) groups excluding carboxylic acids is 1. The summed E-state index contributed by atoms with van der Waals surface area (Å²) in [6, 6.07) is 8.42. The van der Waals surface area contributed by atoms with Crippen molar-refractivity contribution < 1.29 is 13.6 Å². The zero-order valence-electron chi connectivity index (χ0n) is 12.3. The Balaban J connectivity index is 1.66. The molecule has 0 saturated carbocycles. The van der Waals surface area contributed by atoms with Gasteiger partial charge in [-0.2, -0.15) is 0 Å². The normalized spacial score (nSPS) is 12.1. The lowest BCUT2D eigenvalue weighted by Crippen LogP contribution is -2.22. The van der Waals surface area contributed by atoms with Gasteiger partial charge in [0.15, 0.2) is 5.76 Å². The van der Waals surface area contributed by atoms with Crippen LogP contribution in [-0.2, 0) is 4.79 Å². The predicted octanol–water partition coefficient (Wildman–Crippen LogP) is 4.76. The molecule has 0 radical (unpaired) electrons. The Morgan fingerprint density at radius 3 is 2.62 bits per heavy atom. The molecule has 0 unspecified atom stereocenters. The molecule has 1 atom stereocenters. The third kappa shape index (κ3) is 3.75. The van der Waals surface area contributed by atoms with Crippen LogP contribution in [0, 0.1) is 0 Å². The Bertz CT molecular complexity index is 831. The van der Waals surface area contributed by atoms with Gasteiger partial charge in [-0.3, -0.25) is 4.79 Å². The first kappa shape index (κ1) is 16.9. The molecule has 2 aromatic heterocycles. The highest BCUT2D eigenvalue weighted by Crippen LogP contribution is 2.31. The van der Waals surface area contributed by atoms with E-state index in [2.05, 4.69) is 15.5 Å². The number of aromatic nitrogens is 2. The predicted molar refractivity (Wildman–Crippen MR) is 92.4 cm³/mol. The average Bonchev–Trinajstić information content (AvgIpc) is 3.21. The first-order valence-corrected chi connectivity index (χ1v) is 8.47. The lowest BCUT2D eigenvalue weighted by molar-refractivity contribution is -0.115. The molecule has 24 heavy (non-hydrogen) atoms. The van der Waals surface area contributed by atoms with E-state index in [1.165, 1.54) is 6.26 Å². The van der Waals surface area contributed by atoms with Crippen molar-refractivity contribution in [3.05, 3.63) is 46.6 Å². The van der Waals surface area contributed by atoms with Gasteiger partial charge in [0.25, 0.3) is 11.1 Å². The molecule has 0 fully saturated rings. The van der Waals surface area contributed by atoms with Gasteiger partial charge >= 0.3 is 0 Å². The Morgan fingerprint density at radius 2 is 1.96 bits per heavy atom. The van der Waals surface area contributed by atoms with Crippen LogP contribution in [0.15, 0.2) is 50.7 Å². The zero-order valence-corrected chi connectivity index (χ0v) is 14.7. The van der Waals surface area contributed by atoms with Crippen molar-refractivity contribution in [1.29, 1.82) is 0 Å². The second-order valence-corrected chi connectivity index (χ2v) is 6.80. The molecule has 3 aromatic rings. The number of rotatable bonds is 5. The second kappa shape index (κ2) is 7.29. The lowest BCUT2D eigenvalue weighted by Gasteiger charge is -2.12. The van der Waals surface area contributed by atoms with Gasteiger partial charge in [-0.25, -0.2) is 0 Å². The molecule has 0 aliphatic rings. The number of halogens is 2. The second-order valence-electron chi connectivity index (χ2n) is 4.70. The molecule has 0 saturated heterocycles. The summed E-state index contributed by atoms with van der Waals surface area (Å²) in [7, 11) is 0. The highest BCUT2D eigenvalue weighted by Gasteiger charge is 2.21. The van der Waals surface area contributed by atoms with E-state index < -0.39 is 5.25 Å². The average molecular weight is 384 g/mol. The number of thioether (sulfide) groups is 1. The van der Waals surface area contributed by atoms with Gasteiger partial charge in [0, 0.05) is 0 Å². The summed E-state index contributed by atoms with van der Waals surface area (Å²) in [4.78, 5) is 12.3. The van der Waals surface area contributed by atoms with Gasteiger partial charge in [0.1, 0.15) is 0 Å². The van der Waals surface area contributed by atoms with Gasteiger partial charge in [0.2, 0.25) is 5.91 Å². The quantitative estimate of drug-likeness (QED) is 0.639. The number of carbonyl (C=O) groups is 1. The number of para-hydroxylation sites is 1. The molecule has 0 bridgehead atoms. The Hall–Kier alpha value is -1.96. The van der Waals surface area contributed by atoms with Crippen LogP contribution >= 0.6 is 35.0 Å². The Morgan fingerprint density at radius 1 is 1.21 bits per heavy atom. The maximum Gasteiger partial charge on any atom is 0.284 e. The van der Waals surface area contributed by atoms with Gasteiger partial charge in [-0.1, -0.05) is 41.0 Å². The van der Waals surface area contributed by atoms with E-state index in [9.17, 15) is 4.79 Å². The van der Waals surface area contributed by atoms with Crippen molar-refractivity contribution in [2.75, 3.05) is 5.32 Å². The molecular weight excluding hydrogens is 373 g/mol. The van der Waals surface area contributed by atoms with Crippen molar-refractivity contribution in [3.63, 3.8) is 0 Å². The van der Waals surface area contributed by atoms with Crippen molar-refractivity contribution in [2.24, 2.45) is 0 Å². The number of hydrogen-bond donors (Lipinski definition) is 1. The van der Waals surface area contributed by atoms with E-state index in [4.69, 9.17) is 32.0 Å². The van der Waals surface area contributed by atoms with E-state index in [0.29, 0.717) is 21.5 Å². The van der Waals surface area contributed by atoms with Crippen LogP contribution < -0.4 is 5.32 Å². The number of hydrogen-bond acceptors (Lipinski definition) is 6. The topological polar surface area (TPSA) is 81.2 Å². The highest BCUT2D eigenvalue weighted by atomic mass is 35.5. The molecule has 2 heterocycles. The third-order valence-corrected chi connectivity index (χ3v) is 4.56. The molecule has 0 aliphatic carbocycles. The molecule has 1 aromatic carbocycles. The van der Waals surface area contributed by atoms with Crippen LogP contribution in [0.5, 0.6) is 0 Å². The van der Waals surface area contributed by atoms with Crippen LogP contribution in [0.1, 0.15) is 6.92 Å². The van der Waals surface area contributed by atoms with Crippen LogP contribution in [0.4, 0.5) is 5.69 Å². The van der Waals surface area contributed by atoms with Crippen molar-refractivity contribution in [3.8, 4) is 11.7 Å². The number of nitrogens with one attached hydrogen (secondary N) is 1. The van der Waals surface area contributed by atoms with Crippen molar-refractivity contribution >= 4 is 46.6 Å². The number of anilines is 1. The van der Waals surface area contributed by atoms with E-state index in [-0.39, 0.29) is 17.0 Å². The minimum Gasteiger partial charge on any atom is -0.459 e. The summed E-state index contributed by atoms with van der Waals surface area (Å²) in [5, 5.41) is 11.0. The first-order valence-electron chi connectivity index (χ1n) is 6.83. The number of nitrogens with zero attached hydrogens (tertiary/aromatic N) is 2. The van der Waals surface area contributed by atoms with Gasteiger partial charge < -0.3 is 14.2 Å². The number of amides is 1. The molecule has 3 rings (SSSR count). The molecule has 0 spiro atoms. The van der Waals surface area contributed by atoms with E-state index in [1.54, 1.807) is 37.3 Å². The summed E-state index contributed by atoms with van der Waals surface area (Å²) in [5.41, 5.74) is 0.375. The summed E-state index contributed by atoms with van der Waals surface area (Å²) in [6.45, 7) is 1.71. The zero-order chi connectivity index (χ0) is 17.1. The monoisotopic (exact) mass is 383 g/mol. The van der Waals surface area contributed by atoms with Crippen molar-refractivity contribution in [2.45, 2.75) is 17.4 Å². The van der Waals surface area contributed by atoms with Gasteiger partial charge in [-0.05, 0) is 31.2 Å². The van der Waals surface area contributed by atoms with E-state index >= 15 is 0 Å². The lowest BCUT2D eigenvalue weighted by atomic mass is 10.3. The Labute approximate surface area is 151 Å². The first-order chi connectivity index (χ1) is 11.5. The molecular formula is C15H11Cl2N3O3S. The van der Waals surface area contributed by atoms with Gasteiger partial charge in [0.05, 0.1) is 27.2 Å². The summed E-state index contributed by atoms with van der Waals surface area (Å²) in [5.74, 6) is 0.436. The number of furan rings is 1. The Kier molecular flexibility index (Phi) is 5.13. The SMILES string of the molecule is C[C@@H](Sc1nnc(-c2ccco2)o1)C(=O)Nc1c(Cl)cccc1Cl. The third-order valence-electron chi connectivity index (χ3n) is 3.00. The summed E-state index contributed by atoms with van der Waals surface area (Å²) < 4.78 is 10.6. The fraction of sp³-hybridized carbons (Fsp3) is 0.133. The molecule has 124 valence electrons. The van der Waals surface area contributed by atoms with E-state index in [0.717, 1.165) is 11.8 Å². The minimum absolute atomic E-state index is 0.254. The molecule has 0 aliphatic heterocycles. The standard InChI is InChI=1S/C15H11Cl2N3O3S/c1-8(13(21)18-12-9(16)4-2-5-10(12)17)24-15-20-19-14(23-15)11-6-3-7-22-11/h2-8H,1H3,(H,18,21)/t8-/m1/s1. The van der Waals surface area contributed by atoms with Crippen LogP contribution in [0.2, 0.25) is 10.0 Å². The number of benzene rings is 1. The van der Waals surface area contributed by atoms with Crippen molar-refractivity contribution in [1.82, 2.24) is 10.2 Å². The minimum atomic E-state index is -0.498. The molecule has 1 N–H and O–H groups in total. The van der Waals surface area contributed by atoms with Crippen LogP contribution in [0.3, 0.4) is 0 Å². The maximum absolute atomic E-state index is 12.3. The molecule has 9 heteroatoms. The smallest absolute Gasteiger partial charge is 0.284 e. The maximum atomic E-state index is 12.3. The fourth-order valence-corrected chi connectivity index (χ4v) is 2.98. The molecule has 1 amide bonds. The molecule has 6 nitrogen and oxygen atoms in total. The fourth-order valence-electron chi connectivity index (χ4n) is 1.80. The highest BCUT2D eigenvalue weighted by molar-refractivity contribution is 8.00. The van der Waals surface area contributed by atoms with Crippen LogP contribution in [0.25, 0.3) is 11.7 Å². The van der Waals surface area contributed by atoms with Gasteiger partial charge in [-0.15, -0.1) is 10.2 Å². The summed E-state index contributed by atoms with van der Waals surface area (Å²) >= 11 is 13.2.